The fraction of sp³-hybridized carbons (Fsp3) is 0.367. The maximum atomic E-state index is 14.9. The van der Waals surface area contributed by atoms with Gasteiger partial charge in [-0.3, -0.25) is 4.79 Å². The highest BCUT2D eigenvalue weighted by molar-refractivity contribution is 5.71. The lowest BCUT2D eigenvalue weighted by Gasteiger charge is -2.32. The molecule has 0 bridgehead atoms. The van der Waals surface area contributed by atoms with Gasteiger partial charge in [-0.25, -0.2) is 4.39 Å². The van der Waals surface area contributed by atoms with Crippen LogP contribution in [0.1, 0.15) is 50.0 Å². The van der Waals surface area contributed by atoms with Crippen LogP contribution in [-0.4, -0.2) is 27.3 Å². The van der Waals surface area contributed by atoms with Crippen molar-refractivity contribution in [3.8, 4) is 22.6 Å². The number of hydrogen-bond acceptors (Lipinski definition) is 5. The first-order valence-electron chi connectivity index (χ1n) is 11.9. The van der Waals surface area contributed by atoms with Gasteiger partial charge in [0.1, 0.15) is 23.9 Å². The first-order chi connectivity index (χ1) is 17.2. The van der Waals surface area contributed by atoms with Gasteiger partial charge < -0.3 is 18.9 Å². The third kappa shape index (κ3) is 6.85. The minimum absolute atomic E-state index is 0.230. The van der Waals surface area contributed by atoms with Gasteiger partial charge in [0.05, 0.1) is 20.3 Å². The second-order valence-electron chi connectivity index (χ2n) is 9.76. The smallest absolute Gasteiger partial charge is 0.305 e. The van der Waals surface area contributed by atoms with E-state index in [0.717, 1.165) is 22.3 Å². The zero-order valence-electron chi connectivity index (χ0n) is 21.9. The Kier molecular flexibility index (Phi) is 9.10. The normalized spacial score (nSPS) is 12.2. The lowest BCUT2D eigenvalue weighted by atomic mass is 9.81. The number of esters is 1. The van der Waals surface area contributed by atoms with Crippen LogP contribution in [0.15, 0.2) is 60.7 Å². The highest BCUT2D eigenvalue weighted by Gasteiger charge is 2.29. The largest absolute Gasteiger partial charge is 0.497 e. The van der Waals surface area contributed by atoms with Gasteiger partial charge in [0.2, 0.25) is 0 Å². The number of ether oxygens (including phenoxy) is 4. The van der Waals surface area contributed by atoms with Crippen molar-refractivity contribution < 1.29 is 28.1 Å². The van der Waals surface area contributed by atoms with Gasteiger partial charge in [0.15, 0.2) is 0 Å². The summed E-state index contributed by atoms with van der Waals surface area (Å²) in [6, 6.07) is 18.3. The van der Waals surface area contributed by atoms with Crippen LogP contribution in [-0.2, 0) is 27.3 Å². The van der Waals surface area contributed by atoms with Crippen molar-refractivity contribution in [2.75, 3.05) is 21.3 Å². The van der Waals surface area contributed by atoms with Crippen LogP contribution in [0.3, 0.4) is 0 Å². The Morgan fingerprint density at radius 3 is 2.33 bits per heavy atom. The molecule has 0 amide bonds. The van der Waals surface area contributed by atoms with E-state index in [9.17, 15) is 9.18 Å². The summed E-state index contributed by atoms with van der Waals surface area (Å²) in [5.41, 5.74) is 3.79. The average molecular weight is 495 g/mol. The topological polar surface area (TPSA) is 54.0 Å². The predicted octanol–water partition coefficient (Wildman–Crippen LogP) is 6.92. The lowest BCUT2D eigenvalue weighted by Crippen LogP contribution is -2.21. The highest BCUT2D eigenvalue weighted by Crippen LogP contribution is 2.42. The number of carbonyl (C=O) groups excluding carboxylic acids is 1. The SMILES string of the molecule is COC(=O)CCc1cccc(OCc2ccc(-c3cc(OC)ccc3F)c(C(OC)C(C)(C)C)c2)c1. The molecule has 3 aromatic rings. The molecule has 0 aromatic heterocycles. The molecule has 192 valence electrons. The summed E-state index contributed by atoms with van der Waals surface area (Å²) in [5, 5.41) is 0. The fourth-order valence-electron chi connectivity index (χ4n) is 4.25. The molecule has 0 aliphatic rings. The van der Waals surface area contributed by atoms with Crippen LogP contribution in [0.25, 0.3) is 11.1 Å². The summed E-state index contributed by atoms with van der Waals surface area (Å²) >= 11 is 0. The Morgan fingerprint density at radius 1 is 0.889 bits per heavy atom. The molecular formula is C30H35FO5. The maximum Gasteiger partial charge on any atom is 0.305 e. The molecule has 1 unspecified atom stereocenters. The van der Waals surface area contributed by atoms with E-state index in [2.05, 4.69) is 20.8 Å². The molecule has 36 heavy (non-hydrogen) atoms. The van der Waals surface area contributed by atoms with E-state index in [1.807, 2.05) is 42.5 Å². The molecule has 0 radical (unpaired) electrons. The van der Waals surface area contributed by atoms with Crippen LogP contribution in [0.2, 0.25) is 0 Å². The average Bonchev–Trinajstić information content (AvgIpc) is 2.86. The molecule has 5 nitrogen and oxygen atoms in total. The molecule has 3 rings (SSSR count). The fourth-order valence-corrected chi connectivity index (χ4v) is 4.25. The molecule has 0 fully saturated rings. The molecule has 0 heterocycles. The molecule has 0 saturated heterocycles. The summed E-state index contributed by atoms with van der Waals surface area (Å²) in [5.74, 6) is 0.726. The maximum absolute atomic E-state index is 14.9. The lowest BCUT2D eigenvalue weighted by molar-refractivity contribution is -0.140. The van der Waals surface area contributed by atoms with Crippen molar-refractivity contribution >= 4 is 5.97 Å². The van der Waals surface area contributed by atoms with Gasteiger partial charge in [-0.05, 0) is 70.5 Å². The van der Waals surface area contributed by atoms with E-state index < -0.39 is 0 Å². The Balaban J connectivity index is 1.91. The van der Waals surface area contributed by atoms with Gasteiger partial charge in [-0.2, -0.15) is 0 Å². The number of methoxy groups -OCH3 is 3. The molecule has 6 heteroatoms. The molecular weight excluding hydrogens is 459 g/mol. The van der Waals surface area contributed by atoms with Gasteiger partial charge in [0, 0.05) is 19.1 Å². The number of halogens is 1. The third-order valence-corrected chi connectivity index (χ3v) is 6.03. The van der Waals surface area contributed by atoms with E-state index in [0.29, 0.717) is 36.5 Å². The standard InChI is InChI=1S/C30H35FO5/c1-30(2,3)29(35-6)26-17-21(10-13-24(26)25-18-22(33-4)12-14-27(25)31)19-36-23-9-7-8-20(16-23)11-15-28(32)34-5/h7-10,12-14,16-18,29H,11,15,19H2,1-6H3. The van der Waals surface area contributed by atoms with Crippen molar-refractivity contribution in [3.63, 3.8) is 0 Å². The number of benzene rings is 3. The second-order valence-corrected chi connectivity index (χ2v) is 9.76. The molecule has 0 N–H and O–H groups in total. The summed E-state index contributed by atoms with van der Waals surface area (Å²) in [4.78, 5) is 11.5. The van der Waals surface area contributed by atoms with Crippen LogP contribution in [0.5, 0.6) is 11.5 Å². The minimum atomic E-state index is -0.325. The van der Waals surface area contributed by atoms with Crippen molar-refractivity contribution in [2.45, 2.75) is 46.3 Å². The number of aryl methyl sites for hydroxylation is 1. The Labute approximate surface area is 213 Å². The number of hydrogen-bond donors (Lipinski definition) is 0. The Bertz CT molecular complexity index is 1180. The summed E-state index contributed by atoms with van der Waals surface area (Å²) in [6.07, 6.45) is 0.618. The van der Waals surface area contributed by atoms with E-state index in [1.54, 1.807) is 26.4 Å². The quantitative estimate of drug-likeness (QED) is 0.286. The summed E-state index contributed by atoms with van der Waals surface area (Å²) < 4.78 is 37.0. The molecule has 0 aliphatic heterocycles. The van der Waals surface area contributed by atoms with Crippen LogP contribution in [0, 0.1) is 11.2 Å². The van der Waals surface area contributed by atoms with Crippen molar-refractivity contribution in [1.29, 1.82) is 0 Å². The van der Waals surface area contributed by atoms with Gasteiger partial charge in [0.25, 0.3) is 0 Å². The molecule has 0 spiro atoms. The van der Waals surface area contributed by atoms with Crippen LogP contribution in [0.4, 0.5) is 4.39 Å². The first kappa shape index (κ1) is 27.2. The van der Waals surface area contributed by atoms with Gasteiger partial charge >= 0.3 is 5.97 Å². The van der Waals surface area contributed by atoms with Crippen LogP contribution < -0.4 is 9.47 Å². The highest BCUT2D eigenvalue weighted by atomic mass is 19.1. The Hall–Kier alpha value is -3.38. The molecule has 1 atom stereocenters. The first-order valence-corrected chi connectivity index (χ1v) is 11.9. The Morgan fingerprint density at radius 2 is 1.67 bits per heavy atom. The van der Waals surface area contributed by atoms with Gasteiger partial charge in [-0.1, -0.05) is 45.0 Å². The van der Waals surface area contributed by atoms with Crippen LogP contribution >= 0.6 is 0 Å². The van der Waals surface area contributed by atoms with Gasteiger partial charge in [-0.15, -0.1) is 0 Å². The minimum Gasteiger partial charge on any atom is -0.497 e. The van der Waals surface area contributed by atoms with Crippen molar-refractivity contribution in [3.05, 3.63) is 83.2 Å². The molecule has 0 saturated carbocycles. The van der Waals surface area contributed by atoms with E-state index in [-0.39, 0.29) is 23.3 Å². The number of rotatable bonds is 10. The molecule has 3 aromatic carbocycles. The summed E-state index contributed by atoms with van der Waals surface area (Å²) in [7, 11) is 4.62. The zero-order chi connectivity index (χ0) is 26.3. The molecule has 0 aliphatic carbocycles. The predicted molar refractivity (Wildman–Crippen MR) is 139 cm³/mol. The van der Waals surface area contributed by atoms with E-state index >= 15 is 0 Å². The second kappa shape index (κ2) is 12.0. The van der Waals surface area contributed by atoms with Crippen molar-refractivity contribution in [2.24, 2.45) is 5.41 Å². The summed E-state index contributed by atoms with van der Waals surface area (Å²) in [6.45, 7) is 6.61. The van der Waals surface area contributed by atoms with Crippen molar-refractivity contribution in [1.82, 2.24) is 0 Å². The van der Waals surface area contributed by atoms with E-state index in [1.165, 1.54) is 13.2 Å². The number of carbonyl (C=O) groups is 1. The zero-order valence-corrected chi connectivity index (χ0v) is 21.9. The monoisotopic (exact) mass is 494 g/mol. The third-order valence-electron chi connectivity index (χ3n) is 6.03. The van der Waals surface area contributed by atoms with E-state index in [4.69, 9.17) is 18.9 Å².